The van der Waals surface area contributed by atoms with Crippen LogP contribution < -0.4 is 11.0 Å². The molecule has 0 aromatic carbocycles. The average Bonchev–Trinajstić information content (AvgIpc) is 2.72. The van der Waals surface area contributed by atoms with Crippen LogP contribution in [0.25, 0.3) is 0 Å². The number of rotatable bonds is 5. The van der Waals surface area contributed by atoms with Crippen LogP contribution in [0.4, 0.5) is 19.4 Å². The molecule has 1 aromatic rings. The molecule has 0 bridgehead atoms. The van der Waals surface area contributed by atoms with Crippen LogP contribution in [0, 0.1) is 0 Å². The van der Waals surface area contributed by atoms with Gasteiger partial charge in [-0.3, -0.25) is 9.88 Å². The van der Waals surface area contributed by atoms with Gasteiger partial charge in [0.05, 0.1) is 12.9 Å². The van der Waals surface area contributed by atoms with E-state index in [-0.39, 0.29) is 12.4 Å². The Morgan fingerprint density at radius 1 is 1.67 bits per heavy atom. The maximum Gasteiger partial charge on any atom is 0.417 e. The second kappa shape index (κ2) is 7.03. The van der Waals surface area contributed by atoms with Gasteiger partial charge in [0.15, 0.2) is 6.10 Å². The molecule has 1 amide bonds. The highest BCUT2D eigenvalue weighted by Crippen LogP contribution is 2.42. The Hall–Kier alpha value is -2.37. The summed E-state index contributed by atoms with van der Waals surface area (Å²) < 4.78 is 42.9. The van der Waals surface area contributed by atoms with Gasteiger partial charge in [0.1, 0.15) is 11.9 Å². The lowest BCUT2D eigenvalue weighted by Gasteiger charge is -2.21. The van der Waals surface area contributed by atoms with Crippen LogP contribution in [0.2, 0.25) is 0 Å². The van der Waals surface area contributed by atoms with E-state index < -0.39 is 36.1 Å². The summed E-state index contributed by atoms with van der Waals surface area (Å²) in [7, 11) is 1.26. The number of nitrogens with one attached hydrogen (secondary N) is 1. The average molecular weight is 347 g/mol. The number of methoxy groups -OCH3 is 1. The van der Waals surface area contributed by atoms with Gasteiger partial charge in [-0.1, -0.05) is 6.58 Å². The highest BCUT2D eigenvalue weighted by atomic mass is 19.3. The van der Waals surface area contributed by atoms with Crippen LogP contribution in [-0.2, 0) is 14.2 Å². The molecule has 24 heavy (non-hydrogen) atoms. The maximum absolute atomic E-state index is 14.1. The maximum atomic E-state index is 14.1. The molecule has 9 nitrogen and oxygen atoms in total. The van der Waals surface area contributed by atoms with E-state index in [1.165, 1.54) is 7.11 Å². The van der Waals surface area contributed by atoms with Crippen molar-refractivity contribution in [3.8, 4) is 0 Å². The molecule has 2 N–H and O–H groups in total. The monoisotopic (exact) mass is 347 g/mol. The fraction of sp³-hybridized carbons (Fsp3) is 0.462. The SMILES string of the molecule is C=COC(=O)Nc1ccn([C@@H]2O[C@H](COC)C(O)C2(F)F)c(=O)n1. The molecule has 1 aliphatic heterocycles. The van der Waals surface area contributed by atoms with Crippen molar-refractivity contribution in [3.63, 3.8) is 0 Å². The van der Waals surface area contributed by atoms with E-state index in [0.717, 1.165) is 18.5 Å². The molecule has 11 heteroatoms. The topological polar surface area (TPSA) is 112 Å². The molecular formula is C13H15F2N3O6. The van der Waals surface area contributed by atoms with Crippen molar-refractivity contribution >= 4 is 11.9 Å². The molecule has 1 aromatic heterocycles. The summed E-state index contributed by atoms with van der Waals surface area (Å²) >= 11 is 0. The molecule has 0 spiro atoms. The minimum absolute atomic E-state index is 0.210. The first-order chi connectivity index (χ1) is 11.3. The van der Waals surface area contributed by atoms with Crippen LogP contribution in [0.15, 0.2) is 29.9 Å². The smallest absolute Gasteiger partial charge is 0.417 e. The van der Waals surface area contributed by atoms with Crippen molar-refractivity contribution in [2.75, 3.05) is 19.0 Å². The van der Waals surface area contributed by atoms with Crippen LogP contribution in [0.5, 0.6) is 0 Å². The van der Waals surface area contributed by atoms with Gasteiger partial charge in [0, 0.05) is 13.3 Å². The van der Waals surface area contributed by atoms with Crippen LogP contribution in [0.1, 0.15) is 6.23 Å². The number of hydrogen-bond donors (Lipinski definition) is 2. The zero-order valence-electron chi connectivity index (χ0n) is 12.5. The van der Waals surface area contributed by atoms with Crippen molar-refractivity contribution < 1.29 is 32.9 Å². The first-order valence-corrected chi connectivity index (χ1v) is 6.69. The summed E-state index contributed by atoms with van der Waals surface area (Å²) in [5.74, 6) is -3.94. The number of nitrogens with zero attached hydrogens (tertiary/aromatic N) is 2. The van der Waals surface area contributed by atoms with Gasteiger partial charge in [-0.2, -0.15) is 13.8 Å². The summed E-state index contributed by atoms with van der Waals surface area (Å²) in [4.78, 5) is 26.6. The molecule has 0 radical (unpaired) electrons. The molecule has 3 atom stereocenters. The number of alkyl halides is 2. The lowest BCUT2D eigenvalue weighted by Crippen LogP contribution is -2.42. The minimum Gasteiger partial charge on any atom is -0.419 e. The minimum atomic E-state index is -3.73. The Labute approximate surface area is 134 Å². The second-order valence-corrected chi connectivity index (χ2v) is 4.80. The molecule has 2 heterocycles. The highest BCUT2D eigenvalue weighted by molar-refractivity contribution is 5.83. The van der Waals surface area contributed by atoms with Crippen molar-refractivity contribution in [2.45, 2.75) is 24.4 Å². The lowest BCUT2D eigenvalue weighted by molar-refractivity contribution is -0.141. The second-order valence-electron chi connectivity index (χ2n) is 4.80. The van der Waals surface area contributed by atoms with Crippen molar-refractivity contribution in [1.82, 2.24) is 9.55 Å². The first-order valence-electron chi connectivity index (χ1n) is 6.69. The quantitative estimate of drug-likeness (QED) is 0.745. The third kappa shape index (κ3) is 3.42. The third-order valence-corrected chi connectivity index (χ3v) is 3.21. The fourth-order valence-electron chi connectivity index (χ4n) is 2.14. The van der Waals surface area contributed by atoms with Gasteiger partial charge in [-0.15, -0.1) is 0 Å². The number of halogens is 2. The largest absolute Gasteiger partial charge is 0.419 e. The van der Waals surface area contributed by atoms with E-state index in [1.807, 2.05) is 0 Å². The van der Waals surface area contributed by atoms with Crippen LogP contribution in [-0.4, -0.2) is 52.6 Å². The zero-order chi connectivity index (χ0) is 17.9. The van der Waals surface area contributed by atoms with E-state index in [2.05, 4.69) is 21.6 Å². The Bertz CT molecular complexity index is 680. The Kier molecular flexibility index (Phi) is 5.26. The van der Waals surface area contributed by atoms with E-state index in [0.29, 0.717) is 4.57 Å². The molecule has 132 valence electrons. The van der Waals surface area contributed by atoms with Crippen molar-refractivity contribution in [3.05, 3.63) is 35.6 Å². The molecule has 1 saturated heterocycles. The Morgan fingerprint density at radius 2 is 2.38 bits per heavy atom. The Morgan fingerprint density at radius 3 is 2.96 bits per heavy atom. The first kappa shape index (κ1) is 18.0. The number of aliphatic hydroxyl groups is 1. The van der Waals surface area contributed by atoms with Gasteiger partial charge < -0.3 is 19.3 Å². The van der Waals surface area contributed by atoms with Gasteiger partial charge in [-0.05, 0) is 6.07 Å². The summed E-state index contributed by atoms with van der Waals surface area (Å²) in [5.41, 5.74) is -1.11. The van der Waals surface area contributed by atoms with Gasteiger partial charge >= 0.3 is 17.7 Å². The number of carbonyl (C=O) groups excluding carboxylic acids is 1. The number of ether oxygens (including phenoxy) is 3. The summed E-state index contributed by atoms with van der Waals surface area (Å²) in [6.45, 7) is 2.89. The third-order valence-electron chi connectivity index (χ3n) is 3.21. The van der Waals surface area contributed by atoms with Gasteiger partial charge in [0.2, 0.25) is 6.23 Å². The van der Waals surface area contributed by atoms with E-state index >= 15 is 0 Å². The highest BCUT2D eigenvalue weighted by Gasteiger charge is 2.59. The number of aromatic nitrogens is 2. The van der Waals surface area contributed by atoms with E-state index in [9.17, 15) is 23.5 Å². The number of anilines is 1. The normalized spacial score (nSPS) is 25.2. The zero-order valence-corrected chi connectivity index (χ0v) is 12.5. The Balaban J connectivity index is 2.24. The lowest BCUT2D eigenvalue weighted by atomic mass is 10.1. The number of carbonyl (C=O) groups is 1. The fourth-order valence-corrected chi connectivity index (χ4v) is 2.14. The predicted octanol–water partition coefficient (Wildman–Crippen LogP) is 0.475. The van der Waals surface area contributed by atoms with Crippen LogP contribution >= 0.6 is 0 Å². The number of amides is 1. The molecule has 1 unspecified atom stereocenters. The van der Waals surface area contributed by atoms with E-state index in [1.54, 1.807) is 0 Å². The summed E-state index contributed by atoms with van der Waals surface area (Å²) in [5, 5.41) is 11.7. The molecule has 1 aliphatic rings. The molecule has 0 aliphatic carbocycles. The summed E-state index contributed by atoms with van der Waals surface area (Å²) in [6.07, 6.45) is -4.63. The number of aliphatic hydroxyl groups excluding tert-OH is 1. The van der Waals surface area contributed by atoms with Crippen LogP contribution in [0.3, 0.4) is 0 Å². The summed E-state index contributed by atoms with van der Waals surface area (Å²) in [6, 6.07) is 1.10. The number of hydrogen-bond acceptors (Lipinski definition) is 7. The molecule has 0 saturated carbocycles. The van der Waals surface area contributed by atoms with Crippen molar-refractivity contribution in [1.29, 1.82) is 0 Å². The molecule has 1 fully saturated rings. The van der Waals surface area contributed by atoms with Crippen molar-refractivity contribution in [2.24, 2.45) is 0 Å². The molecular weight excluding hydrogens is 332 g/mol. The molecule has 2 rings (SSSR count). The van der Waals surface area contributed by atoms with Gasteiger partial charge in [-0.25, -0.2) is 9.59 Å². The predicted molar refractivity (Wildman–Crippen MR) is 75.5 cm³/mol. The van der Waals surface area contributed by atoms with Gasteiger partial charge in [0.25, 0.3) is 0 Å². The van der Waals surface area contributed by atoms with E-state index in [4.69, 9.17) is 9.47 Å². The standard InChI is InChI=1S/C13H15F2N3O6/c1-3-23-12(21)17-8-4-5-18(11(20)16-8)10-13(14,15)9(19)7(24-10)6-22-2/h3-5,7,9-10,19H,1,6H2,2H3,(H,16,17,20,21)/t7-,9?,10-/m1/s1.